The molecule has 0 bridgehead atoms. The Morgan fingerprint density at radius 1 is 0.921 bits per heavy atom. The van der Waals surface area contributed by atoms with Gasteiger partial charge in [-0.1, -0.05) is 24.3 Å². The highest BCUT2D eigenvalue weighted by molar-refractivity contribution is 6.03. The average Bonchev–Trinajstić information content (AvgIpc) is 3.37. The number of piperazine rings is 1. The van der Waals surface area contributed by atoms with Crippen molar-refractivity contribution in [2.24, 2.45) is 0 Å². The topological polar surface area (TPSA) is 112 Å². The molecule has 0 saturated carbocycles. The van der Waals surface area contributed by atoms with Gasteiger partial charge in [0.1, 0.15) is 5.82 Å². The van der Waals surface area contributed by atoms with Crippen LogP contribution in [0.25, 0.3) is 11.5 Å². The van der Waals surface area contributed by atoms with Crippen molar-refractivity contribution in [1.29, 1.82) is 0 Å². The lowest BCUT2D eigenvalue weighted by molar-refractivity contribution is 0.0696. The number of amides is 1. The number of hydrogen-bond acceptors (Lipinski definition) is 7. The van der Waals surface area contributed by atoms with E-state index in [0.29, 0.717) is 37.4 Å². The van der Waals surface area contributed by atoms with Crippen molar-refractivity contribution >= 4 is 29.1 Å². The molecule has 0 atom stereocenters. The molecule has 1 amide bonds. The first-order valence-corrected chi connectivity index (χ1v) is 11.4. The Morgan fingerprint density at radius 3 is 2.29 bits per heavy atom. The summed E-state index contributed by atoms with van der Waals surface area (Å²) < 4.78 is 35.2. The van der Waals surface area contributed by atoms with Gasteiger partial charge in [-0.3, -0.25) is 4.79 Å². The summed E-state index contributed by atoms with van der Waals surface area (Å²) in [6, 6.07) is 18.1. The van der Waals surface area contributed by atoms with Crippen molar-refractivity contribution in [3.63, 3.8) is 0 Å². The van der Waals surface area contributed by atoms with Crippen LogP contribution in [0, 0.1) is 6.01 Å². The first-order chi connectivity index (χ1) is 18.5. The van der Waals surface area contributed by atoms with Gasteiger partial charge in [0.25, 0.3) is 5.91 Å². The molecule has 9 nitrogen and oxygen atoms in total. The van der Waals surface area contributed by atoms with E-state index in [1.54, 1.807) is 54.6 Å². The molecule has 4 aromatic rings. The number of carboxylic acid groups (broad SMARTS) is 1. The number of aromatic carboxylic acids is 1. The molecular formula is C26H22F3N5O4. The van der Waals surface area contributed by atoms with Crippen LogP contribution in [-0.4, -0.2) is 53.1 Å². The molecule has 1 aliphatic heterocycles. The summed E-state index contributed by atoms with van der Waals surface area (Å²) >= 11 is 0. The summed E-state index contributed by atoms with van der Waals surface area (Å²) in [5.41, 5.74) is 1.67. The van der Waals surface area contributed by atoms with Gasteiger partial charge >= 0.3 is 12.0 Å². The van der Waals surface area contributed by atoms with Crippen molar-refractivity contribution in [2.75, 3.05) is 41.3 Å². The molecule has 3 heterocycles. The second-order valence-corrected chi connectivity index (χ2v) is 8.20. The van der Waals surface area contributed by atoms with Crippen LogP contribution in [0.15, 0.2) is 77.3 Å². The lowest BCUT2D eigenvalue weighted by Crippen LogP contribution is -2.46. The van der Waals surface area contributed by atoms with Crippen molar-refractivity contribution in [3.8, 4) is 11.5 Å². The maximum atomic E-state index is 14.2. The monoisotopic (exact) mass is 525 g/mol. The van der Waals surface area contributed by atoms with Gasteiger partial charge in [0, 0.05) is 46.6 Å². The lowest BCUT2D eigenvalue weighted by atomic mass is 10.1. The highest BCUT2D eigenvalue weighted by Crippen LogP contribution is 2.23. The minimum atomic E-state index is -1.05. The molecule has 2 N–H and O–H groups in total. The summed E-state index contributed by atoms with van der Waals surface area (Å²) in [5.74, 6) is -0.911. The summed E-state index contributed by atoms with van der Waals surface area (Å²) in [7, 11) is 0. The number of benzene rings is 2. The van der Waals surface area contributed by atoms with E-state index in [-0.39, 0.29) is 11.5 Å². The van der Waals surface area contributed by atoms with E-state index in [0.717, 1.165) is 11.5 Å². The minimum Gasteiger partial charge on any atom is -0.478 e. The average molecular weight is 525 g/mol. The van der Waals surface area contributed by atoms with E-state index in [1.165, 1.54) is 6.20 Å². The fraction of sp³-hybridized carbons (Fsp3) is 0.154. The maximum Gasteiger partial charge on any atom is 0.335 e. The molecule has 0 spiro atoms. The third-order valence-corrected chi connectivity index (χ3v) is 5.89. The zero-order valence-electron chi connectivity index (χ0n) is 19.9. The van der Waals surface area contributed by atoms with Gasteiger partial charge in [0.2, 0.25) is 11.6 Å². The van der Waals surface area contributed by atoms with Crippen molar-refractivity contribution in [3.05, 3.63) is 90.2 Å². The Hall–Kier alpha value is -4.87. The molecule has 1 saturated heterocycles. The highest BCUT2D eigenvalue weighted by Gasteiger charge is 2.22. The Balaban J connectivity index is 0.00000164. The van der Waals surface area contributed by atoms with E-state index in [2.05, 4.69) is 25.1 Å². The third-order valence-electron chi connectivity index (χ3n) is 5.89. The number of pyridine rings is 1. The number of aromatic nitrogens is 2. The SMILES string of the molecule is FF.O=C(O)c1cccc(N2CCN(c3ccc(NC(=O)c4nc(-c5ccccc5)oc4F)cn3)CC2)c1. The molecule has 5 rings (SSSR count). The number of rotatable bonds is 6. The highest BCUT2D eigenvalue weighted by atomic mass is 20.0. The second-order valence-electron chi connectivity index (χ2n) is 8.20. The molecule has 2 aromatic carbocycles. The van der Waals surface area contributed by atoms with Gasteiger partial charge in [-0.2, -0.15) is 4.39 Å². The minimum absolute atomic E-state index is 0.0283. The number of halogens is 3. The second kappa shape index (κ2) is 11.9. The summed E-state index contributed by atoms with van der Waals surface area (Å²) in [4.78, 5) is 36.5. The fourth-order valence-electron chi connectivity index (χ4n) is 4.01. The van der Waals surface area contributed by atoms with E-state index in [9.17, 15) is 19.1 Å². The van der Waals surface area contributed by atoms with E-state index < -0.39 is 23.6 Å². The van der Waals surface area contributed by atoms with Gasteiger partial charge in [0.15, 0.2) is 0 Å². The number of carboxylic acids is 1. The van der Waals surface area contributed by atoms with Crippen molar-refractivity contribution < 1.29 is 32.7 Å². The van der Waals surface area contributed by atoms with Gasteiger partial charge < -0.3 is 24.6 Å². The third kappa shape index (κ3) is 5.91. The van der Waals surface area contributed by atoms with Crippen LogP contribution in [0.4, 0.5) is 30.7 Å². The number of carbonyl (C=O) groups excluding carboxylic acids is 1. The normalized spacial score (nSPS) is 12.9. The number of carbonyl (C=O) groups is 2. The van der Waals surface area contributed by atoms with Crippen LogP contribution >= 0.6 is 0 Å². The van der Waals surface area contributed by atoms with Crippen LogP contribution in [0.3, 0.4) is 0 Å². The van der Waals surface area contributed by atoms with Crippen LogP contribution < -0.4 is 15.1 Å². The molecule has 196 valence electrons. The molecule has 12 heteroatoms. The van der Waals surface area contributed by atoms with Gasteiger partial charge in [0.05, 0.1) is 17.4 Å². The lowest BCUT2D eigenvalue weighted by Gasteiger charge is -2.36. The maximum absolute atomic E-state index is 14.2. The van der Waals surface area contributed by atoms with Crippen LogP contribution in [0.5, 0.6) is 0 Å². The molecule has 2 aromatic heterocycles. The predicted octanol–water partition coefficient (Wildman–Crippen LogP) is 4.99. The standard InChI is InChI=1S/C26H22FN5O4.F2/c27-23-22(30-25(36-23)17-5-2-1-3-6-17)24(33)29-19-9-10-21(28-16-19)32-13-11-31(12-14-32)20-8-4-7-18(15-20)26(34)35;1-2/h1-10,15-16H,11-14H2,(H,29,33)(H,34,35);. The smallest absolute Gasteiger partial charge is 0.335 e. The molecular weight excluding hydrogens is 503 g/mol. The number of anilines is 3. The van der Waals surface area contributed by atoms with Crippen LogP contribution in [0.2, 0.25) is 0 Å². The molecule has 38 heavy (non-hydrogen) atoms. The van der Waals surface area contributed by atoms with Crippen LogP contribution in [0.1, 0.15) is 20.8 Å². The van der Waals surface area contributed by atoms with Gasteiger partial charge in [-0.15, -0.1) is 0 Å². The molecule has 1 aliphatic rings. The Kier molecular flexibility index (Phi) is 8.21. The van der Waals surface area contributed by atoms with E-state index in [1.807, 2.05) is 12.1 Å². The quantitative estimate of drug-likeness (QED) is 0.362. The number of hydrogen-bond donors (Lipinski definition) is 2. The molecule has 0 unspecified atom stereocenters. The molecule has 0 radical (unpaired) electrons. The molecule has 0 aliphatic carbocycles. The number of nitrogens with one attached hydrogen (secondary N) is 1. The predicted molar refractivity (Wildman–Crippen MR) is 134 cm³/mol. The Morgan fingerprint density at radius 2 is 1.63 bits per heavy atom. The first kappa shape index (κ1) is 26.2. The van der Waals surface area contributed by atoms with Crippen LogP contribution in [-0.2, 0) is 0 Å². The number of oxazole rings is 1. The van der Waals surface area contributed by atoms with E-state index >= 15 is 0 Å². The zero-order valence-corrected chi connectivity index (χ0v) is 19.9. The molecule has 1 fully saturated rings. The summed E-state index contributed by atoms with van der Waals surface area (Å²) in [5, 5.41) is 11.8. The van der Waals surface area contributed by atoms with E-state index in [4.69, 9.17) is 13.6 Å². The first-order valence-electron chi connectivity index (χ1n) is 11.4. The largest absolute Gasteiger partial charge is 0.478 e. The fourth-order valence-corrected chi connectivity index (χ4v) is 4.01. The summed E-state index contributed by atoms with van der Waals surface area (Å²) in [6.45, 7) is 2.81. The Bertz CT molecular complexity index is 1390. The van der Waals surface area contributed by atoms with Crippen molar-refractivity contribution in [1.82, 2.24) is 9.97 Å². The number of nitrogens with zero attached hydrogens (tertiary/aromatic N) is 4. The summed E-state index contributed by atoms with van der Waals surface area (Å²) in [6.07, 6.45) is 1.51. The van der Waals surface area contributed by atoms with Gasteiger partial charge in [-0.05, 0) is 42.5 Å². The Labute approximate surface area is 215 Å². The zero-order chi connectivity index (χ0) is 27.1. The van der Waals surface area contributed by atoms with Crippen molar-refractivity contribution in [2.45, 2.75) is 0 Å². The van der Waals surface area contributed by atoms with Gasteiger partial charge in [-0.25, -0.2) is 14.8 Å².